The number of carbonyl (C=O) groups excluding carboxylic acids is 1. The molecule has 0 aliphatic heterocycles. The van der Waals surface area contributed by atoms with Crippen LogP contribution in [0, 0.1) is 0 Å². The lowest BCUT2D eigenvalue weighted by atomic mass is 10.0. The Labute approximate surface area is 155 Å². The molecular weight excluding hydrogens is 350 g/mol. The second-order valence-electron chi connectivity index (χ2n) is 6.02. The number of hydrogen-bond donors (Lipinski definition) is 1. The van der Waals surface area contributed by atoms with Gasteiger partial charge in [0.05, 0.1) is 12.2 Å². The lowest BCUT2D eigenvalue weighted by Crippen LogP contribution is -2.36. The lowest BCUT2D eigenvalue weighted by Gasteiger charge is -2.28. The molecule has 0 aliphatic carbocycles. The van der Waals surface area contributed by atoms with Gasteiger partial charge in [0.2, 0.25) is 0 Å². The highest BCUT2D eigenvalue weighted by Crippen LogP contribution is 2.25. The van der Waals surface area contributed by atoms with Gasteiger partial charge in [0.15, 0.2) is 4.96 Å². The minimum absolute atomic E-state index is 0.107. The van der Waals surface area contributed by atoms with Crippen molar-refractivity contribution in [3.05, 3.63) is 58.2 Å². The van der Waals surface area contributed by atoms with Crippen molar-refractivity contribution in [1.29, 1.82) is 0 Å². The second kappa shape index (κ2) is 8.09. The van der Waals surface area contributed by atoms with Crippen molar-refractivity contribution >= 4 is 28.0 Å². The largest absolute Gasteiger partial charge is 0.322 e. The molecule has 3 aromatic heterocycles. The monoisotopic (exact) mass is 371 g/mol. The Hall–Kier alpha value is -2.74. The van der Waals surface area contributed by atoms with Gasteiger partial charge in [-0.2, -0.15) is 0 Å². The van der Waals surface area contributed by atoms with Gasteiger partial charge in [0, 0.05) is 31.0 Å². The summed E-state index contributed by atoms with van der Waals surface area (Å²) in [7, 11) is 1.73. The molecule has 0 bridgehead atoms. The molecule has 0 fully saturated rings. The summed E-state index contributed by atoms with van der Waals surface area (Å²) < 4.78 is 1.43. The smallest absolute Gasteiger partial charge is 0.320 e. The molecule has 0 spiro atoms. The van der Waals surface area contributed by atoms with Crippen LogP contribution in [0.25, 0.3) is 4.96 Å². The van der Waals surface area contributed by atoms with Crippen LogP contribution >= 0.6 is 11.3 Å². The first-order chi connectivity index (χ1) is 12.6. The number of rotatable bonds is 6. The van der Waals surface area contributed by atoms with Crippen LogP contribution < -0.4 is 10.9 Å². The molecule has 3 heterocycles. The van der Waals surface area contributed by atoms with Crippen molar-refractivity contribution in [2.24, 2.45) is 0 Å². The number of nitrogens with zero attached hydrogens (tertiary/aromatic N) is 4. The van der Waals surface area contributed by atoms with Crippen LogP contribution in [-0.2, 0) is 0 Å². The summed E-state index contributed by atoms with van der Waals surface area (Å²) in [5.41, 5.74) is 0.851. The number of carbonyl (C=O) groups is 1. The molecule has 2 amide bonds. The zero-order chi connectivity index (χ0) is 18.5. The number of anilines is 1. The molecule has 0 aliphatic rings. The third-order valence-electron chi connectivity index (χ3n) is 4.27. The van der Waals surface area contributed by atoms with E-state index in [0.717, 1.165) is 24.8 Å². The highest BCUT2D eigenvalue weighted by Gasteiger charge is 2.22. The molecule has 7 nitrogen and oxygen atoms in total. The van der Waals surface area contributed by atoms with Crippen molar-refractivity contribution in [3.8, 4) is 0 Å². The first-order valence-corrected chi connectivity index (χ1v) is 9.38. The summed E-state index contributed by atoms with van der Waals surface area (Å²) >= 11 is 1.37. The number of urea groups is 1. The maximum atomic E-state index is 12.7. The summed E-state index contributed by atoms with van der Waals surface area (Å²) in [6.45, 7) is 2.11. The van der Waals surface area contributed by atoms with Gasteiger partial charge in [-0.3, -0.25) is 14.2 Å². The number of amides is 2. The van der Waals surface area contributed by atoms with Crippen LogP contribution in [0.2, 0.25) is 0 Å². The predicted molar refractivity (Wildman–Crippen MR) is 103 cm³/mol. The third-order valence-corrected chi connectivity index (χ3v) is 5.04. The molecule has 136 valence electrons. The van der Waals surface area contributed by atoms with Crippen LogP contribution in [0.3, 0.4) is 0 Å². The van der Waals surface area contributed by atoms with Gasteiger partial charge in [-0.25, -0.2) is 9.78 Å². The highest BCUT2D eigenvalue weighted by molar-refractivity contribution is 7.15. The Kier molecular flexibility index (Phi) is 5.62. The molecule has 3 aromatic rings. The normalized spacial score (nSPS) is 12.1. The summed E-state index contributed by atoms with van der Waals surface area (Å²) in [5, 5.41) is 4.48. The topological polar surface area (TPSA) is 79.6 Å². The zero-order valence-electron chi connectivity index (χ0n) is 14.8. The standard InChI is InChI=1S/C18H21N5O2S/c1-3-4-7-15(13-6-5-8-19-11-13)22(2)17(25)21-14-12-20-18-23(16(14)24)9-10-26-18/h5-6,8-12,15H,3-4,7H2,1-2H3,(H,21,25)/t15-/m0/s1. The van der Waals surface area contributed by atoms with E-state index in [4.69, 9.17) is 0 Å². The van der Waals surface area contributed by atoms with E-state index in [2.05, 4.69) is 22.2 Å². The highest BCUT2D eigenvalue weighted by atomic mass is 32.1. The van der Waals surface area contributed by atoms with Crippen molar-refractivity contribution in [1.82, 2.24) is 19.3 Å². The lowest BCUT2D eigenvalue weighted by molar-refractivity contribution is 0.199. The Morgan fingerprint density at radius 2 is 2.27 bits per heavy atom. The summed E-state index contributed by atoms with van der Waals surface area (Å²) in [6.07, 6.45) is 9.39. The molecule has 0 saturated heterocycles. The average molecular weight is 371 g/mol. The van der Waals surface area contributed by atoms with Gasteiger partial charge in [0.1, 0.15) is 5.69 Å². The first-order valence-electron chi connectivity index (χ1n) is 8.50. The minimum atomic E-state index is -0.343. The molecule has 26 heavy (non-hydrogen) atoms. The molecule has 0 aromatic carbocycles. The van der Waals surface area contributed by atoms with Crippen molar-refractivity contribution < 1.29 is 4.79 Å². The number of hydrogen-bond acceptors (Lipinski definition) is 5. The molecule has 8 heteroatoms. The Morgan fingerprint density at radius 3 is 3.00 bits per heavy atom. The van der Waals surface area contributed by atoms with E-state index >= 15 is 0 Å². The van der Waals surface area contributed by atoms with Crippen molar-refractivity contribution in [2.45, 2.75) is 32.2 Å². The maximum Gasteiger partial charge on any atom is 0.322 e. The van der Waals surface area contributed by atoms with E-state index in [1.165, 1.54) is 21.9 Å². The van der Waals surface area contributed by atoms with Gasteiger partial charge < -0.3 is 10.2 Å². The van der Waals surface area contributed by atoms with E-state index in [1.807, 2.05) is 12.1 Å². The Balaban J connectivity index is 1.81. The number of fused-ring (bicyclic) bond motifs is 1. The minimum Gasteiger partial charge on any atom is -0.320 e. The summed E-state index contributed by atoms with van der Waals surface area (Å²) in [4.78, 5) is 35.8. The van der Waals surface area contributed by atoms with Gasteiger partial charge in [-0.15, -0.1) is 11.3 Å². The maximum absolute atomic E-state index is 12.7. The van der Waals surface area contributed by atoms with E-state index in [1.54, 1.807) is 35.9 Å². The molecular formula is C18H21N5O2S. The average Bonchev–Trinajstić information content (AvgIpc) is 3.14. The quantitative estimate of drug-likeness (QED) is 0.719. The van der Waals surface area contributed by atoms with Gasteiger partial charge >= 0.3 is 6.03 Å². The summed E-state index contributed by atoms with van der Waals surface area (Å²) in [5.74, 6) is 0. The number of unbranched alkanes of at least 4 members (excludes halogenated alkanes) is 1. The molecule has 0 saturated carbocycles. The molecule has 1 atom stereocenters. The number of thiazole rings is 1. The fourth-order valence-electron chi connectivity index (χ4n) is 2.81. The van der Waals surface area contributed by atoms with Crippen LogP contribution in [-0.4, -0.2) is 32.3 Å². The fraction of sp³-hybridized carbons (Fsp3) is 0.333. The molecule has 3 rings (SSSR count). The van der Waals surface area contributed by atoms with Gasteiger partial charge in [-0.05, 0) is 18.1 Å². The first kappa shape index (κ1) is 18.1. The van der Waals surface area contributed by atoms with Crippen LogP contribution in [0.5, 0.6) is 0 Å². The number of aromatic nitrogens is 3. The van der Waals surface area contributed by atoms with Crippen molar-refractivity contribution in [2.75, 3.05) is 12.4 Å². The van der Waals surface area contributed by atoms with Gasteiger partial charge in [-0.1, -0.05) is 25.8 Å². The van der Waals surface area contributed by atoms with E-state index in [9.17, 15) is 9.59 Å². The molecule has 0 radical (unpaired) electrons. The fourth-order valence-corrected chi connectivity index (χ4v) is 3.48. The van der Waals surface area contributed by atoms with Crippen LogP contribution in [0.4, 0.5) is 10.5 Å². The SMILES string of the molecule is CCCC[C@@H](c1cccnc1)N(C)C(=O)Nc1cnc2sccn2c1=O. The zero-order valence-corrected chi connectivity index (χ0v) is 15.6. The number of pyridine rings is 1. The van der Waals surface area contributed by atoms with E-state index in [0.29, 0.717) is 4.96 Å². The van der Waals surface area contributed by atoms with E-state index in [-0.39, 0.29) is 23.3 Å². The van der Waals surface area contributed by atoms with Crippen molar-refractivity contribution in [3.63, 3.8) is 0 Å². The Bertz CT molecular complexity index is 937. The van der Waals surface area contributed by atoms with Gasteiger partial charge in [0.25, 0.3) is 5.56 Å². The van der Waals surface area contributed by atoms with Crippen LogP contribution in [0.1, 0.15) is 37.8 Å². The Morgan fingerprint density at radius 1 is 1.42 bits per heavy atom. The summed E-state index contributed by atoms with van der Waals surface area (Å²) in [6, 6.07) is 3.37. The van der Waals surface area contributed by atoms with E-state index < -0.39 is 0 Å². The molecule has 1 N–H and O–H groups in total. The van der Waals surface area contributed by atoms with Crippen LogP contribution in [0.15, 0.2) is 47.1 Å². The number of nitrogens with one attached hydrogen (secondary N) is 1. The predicted octanol–water partition coefficient (Wildman–Crippen LogP) is 3.55. The third kappa shape index (κ3) is 3.75. The second-order valence-corrected chi connectivity index (χ2v) is 6.89. The molecule has 0 unspecified atom stereocenters.